The number of rotatable bonds is 7. The number of halogens is 5. The number of H-pyrrole nitrogens is 1. The molecule has 38 heavy (non-hydrogen) atoms. The fourth-order valence-electron chi connectivity index (χ4n) is 4.24. The van der Waals surface area contributed by atoms with Gasteiger partial charge < -0.3 is 14.6 Å². The number of fused-ring (bicyclic) bond motifs is 1. The Labute approximate surface area is 229 Å². The van der Waals surface area contributed by atoms with Crippen LogP contribution in [-0.4, -0.2) is 28.7 Å². The Morgan fingerprint density at radius 1 is 1.00 bits per heavy atom. The summed E-state index contributed by atoms with van der Waals surface area (Å²) >= 11 is 13.0. The van der Waals surface area contributed by atoms with E-state index in [0.717, 1.165) is 16.5 Å². The maximum Gasteiger partial charge on any atom is 0.573 e. The van der Waals surface area contributed by atoms with E-state index in [-0.39, 0.29) is 30.2 Å². The van der Waals surface area contributed by atoms with E-state index in [1.54, 1.807) is 29.3 Å². The van der Waals surface area contributed by atoms with Gasteiger partial charge in [-0.25, -0.2) is 0 Å². The zero-order valence-corrected chi connectivity index (χ0v) is 22.6. The number of hydrogen-bond acceptors (Lipinski definition) is 2. The number of amides is 1. The predicted octanol–water partition coefficient (Wildman–Crippen LogP) is 8.56. The van der Waals surface area contributed by atoms with Gasteiger partial charge >= 0.3 is 6.36 Å². The molecule has 0 radical (unpaired) electrons. The number of aromatic amines is 1. The van der Waals surface area contributed by atoms with E-state index >= 15 is 0 Å². The van der Waals surface area contributed by atoms with Gasteiger partial charge in [-0.3, -0.25) is 4.79 Å². The molecule has 4 rings (SSSR count). The molecule has 0 spiro atoms. The van der Waals surface area contributed by atoms with Crippen molar-refractivity contribution in [3.05, 3.63) is 99.2 Å². The highest BCUT2D eigenvalue weighted by atomic mass is 35.5. The first kappa shape index (κ1) is 27.9. The smallest absolute Gasteiger partial charge is 0.406 e. The van der Waals surface area contributed by atoms with Crippen molar-refractivity contribution in [1.29, 1.82) is 0 Å². The molecule has 0 bridgehead atoms. The number of carbonyl (C=O) groups is 1. The summed E-state index contributed by atoms with van der Waals surface area (Å²) in [6, 6.07) is 16.8. The second-order valence-corrected chi connectivity index (χ2v) is 11.0. The normalized spacial score (nSPS) is 12.1. The molecule has 200 valence electrons. The summed E-state index contributed by atoms with van der Waals surface area (Å²) in [5, 5.41) is 1.75. The number of nitrogens with zero attached hydrogens (tertiary/aromatic N) is 1. The first-order valence-corrected chi connectivity index (χ1v) is 12.8. The van der Waals surface area contributed by atoms with Gasteiger partial charge in [0.05, 0.1) is 11.1 Å². The Balaban J connectivity index is 1.65. The quantitative estimate of drug-likeness (QED) is 0.245. The fourth-order valence-corrected chi connectivity index (χ4v) is 4.70. The van der Waals surface area contributed by atoms with Gasteiger partial charge in [-0.2, -0.15) is 0 Å². The Morgan fingerprint density at radius 3 is 2.45 bits per heavy atom. The van der Waals surface area contributed by atoms with Crippen LogP contribution in [0.5, 0.6) is 5.75 Å². The van der Waals surface area contributed by atoms with Crippen molar-refractivity contribution < 1.29 is 22.7 Å². The molecule has 0 aliphatic heterocycles. The van der Waals surface area contributed by atoms with Gasteiger partial charge in [0, 0.05) is 34.7 Å². The molecule has 0 fully saturated rings. The summed E-state index contributed by atoms with van der Waals surface area (Å²) in [6.45, 7) is 6.69. The van der Waals surface area contributed by atoms with Crippen molar-refractivity contribution in [2.24, 2.45) is 0 Å². The van der Waals surface area contributed by atoms with Gasteiger partial charge in [-0.15, -0.1) is 13.2 Å². The van der Waals surface area contributed by atoms with E-state index in [0.29, 0.717) is 33.1 Å². The summed E-state index contributed by atoms with van der Waals surface area (Å²) in [5.74, 6) is -0.588. The van der Waals surface area contributed by atoms with Crippen LogP contribution in [0.3, 0.4) is 0 Å². The third-order valence-corrected chi connectivity index (χ3v) is 6.79. The molecule has 3 aromatic carbocycles. The summed E-state index contributed by atoms with van der Waals surface area (Å²) in [7, 11) is 0. The van der Waals surface area contributed by atoms with E-state index in [1.807, 2.05) is 24.3 Å². The van der Waals surface area contributed by atoms with Crippen molar-refractivity contribution in [3.8, 4) is 5.75 Å². The minimum absolute atomic E-state index is 0.0960. The van der Waals surface area contributed by atoms with Crippen LogP contribution in [0.25, 0.3) is 10.9 Å². The van der Waals surface area contributed by atoms with E-state index in [4.69, 9.17) is 23.2 Å². The highest BCUT2D eigenvalue weighted by molar-refractivity contribution is 6.32. The second kappa shape index (κ2) is 10.9. The number of aromatic nitrogens is 1. The summed E-state index contributed by atoms with van der Waals surface area (Å²) in [6.07, 6.45) is -2.76. The van der Waals surface area contributed by atoms with Gasteiger partial charge in [0.1, 0.15) is 5.75 Å². The average molecular weight is 563 g/mol. The Bertz CT molecular complexity index is 1460. The van der Waals surface area contributed by atoms with Crippen molar-refractivity contribution in [1.82, 2.24) is 9.88 Å². The molecular formula is C29H27Cl2F3N2O2. The molecule has 1 aromatic heterocycles. The molecule has 0 saturated heterocycles. The molecule has 9 heteroatoms. The number of carbonyl (C=O) groups excluding carboxylic acids is 1. The van der Waals surface area contributed by atoms with Gasteiger partial charge in [0.2, 0.25) is 0 Å². The average Bonchev–Trinajstić information content (AvgIpc) is 3.28. The number of nitrogens with one attached hydrogen (secondary N) is 1. The van der Waals surface area contributed by atoms with E-state index in [9.17, 15) is 18.0 Å². The molecule has 0 unspecified atom stereocenters. The molecule has 0 atom stereocenters. The van der Waals surface area contributed by atoms with Crippen LogP contribution in [0.4, 0.5) is 13.2 Å². The van der Waals surface area contributed by atoms with Crippen LogP contribution in [0.1, 0.15) is 47.8 Å². The largest absolute Gasteiger partial charge is 0.573 e. The van der Waals surface area contributed by atoms with Crippen molar-refractivity contribution >= 4 is 40.0 Å². The lowest BCUT2D eigenvalue weighted by Gasteiger charge is -2.25. The van der Waals surface area contributed by atoms with E-state index in [2.05, 4.69) is 30.5 Å². The molecule has 0 aliphatic rings. The molecular weight excluding hydrogens is 536 g/mol. The number of hydrogen-bond donors (Lipinski definition) is 1. The topological polar surface area (TPSA) is 45.3 Å². The summed E-state index contributed by atoms with van der Waals surface area (Å²) in [5.41, 5.74) is 3.37. The lowest BCUT2D eigenvalue weighted by atomic mass is 9.86. The third-order valence-electron chi connectivity index (χ3n) is 6.22. The maximum atomic E-state index is 13.9. The second-order valence-electron chi connectivity index (χ2n) is 10.1. The Kier molecular flexibility index (Phi) is 8.00. The van der Waals surface area contributed by atoms with Crippen LogP contribution in [0.2, 0.25) is 10.0 Å². The van der Waals surface area contributed by atoms with Crippen molar-refractivity contribution in [3.63, 3.8) is 0 Å². The van der Waals surface area contributed by atoms with E-state index < -0.39 is 6.36 Å². The Hall–Kier alpha value is -3.16. The number of ether oxygens (including phenoxy) is 1. The van der Waals surface area contributed by atoms with Crippen LogP contribution >= 0.6 is 23.2 Å². The monoisotopic (exact) mass is 562 g/mol. The maximum absolute atomic E-state index is 13.9. The van der Waals surface area contributed by atoms with Gasteiger partial charge in [0.15, 0.2) is 0 Å². The van der Waals surface area contributed by atoms with Crippen LogP contribution in [0, 0.1) is 0 Å². The van der Waals surface area contributed by atoms with Crippen LogP contribution < -0.4 is 4.74 Å². The highest BCUT2D eigenvalue weighted by Gasteiger charge is 2.31. The van der Waals surface area contributed by atoms with Crippen LogP contribution in [-0.2, 0) is 18.4 Å². The molecule has 4 aromatic rings. The first-order valence-electron chi connectivity index (χ1n) is 12.0. The standard InChI is InChI=1S/C29H27Cl2F3N2O2/c1-28(2,3)21-8-7-20(25(31)15-21)17-36(12-10-18-5-4-6-23(13-18)38-29(32,33)34)27(37)24-16-22(30)14-19-9-11-35-26(19)24/h4-9,11,13-16,35H,10,12,17H2,1-3H3. The third kappa shape index (κ3) is 6.83. The highest BCUT2D eigenvalue weighted by Crippen LogP contribution is 2.30. The molecule has 0 saturated carbocycles. The summed E-state index contributed by atoms with van der Waals surface area (Å²) < 4.78 is 42.1. The predicted molar refractivity (Wildman–Crippen MR) is 145 cm³/mol. The van der Waals surface area contributed by atoms with Gasteiger partial charge in [-0.05, 0) is 64.9 Å². The molecule has 0 aliphatic carbocycles. The molecule has 1 amide bonds. The molecule has 4 nitrogen and oxygen atoms in total. The zero-order valence-electron chi connectivity index (χ0n) is 21.1. The Morgan fingerprint density at radius 2 is 1.76 bits per heavy atom. The SMILES string of the molecule is CC(C)(C)c1ccc(CN(CCc2cccc(OC(F)(F)F)c2)C(=O)c2cc(Cl)cc3cc[nH]c23)c(Cl)c1. The van der Waals surface area contributed by atoms with E-state index in [1.165, 1.54) is 18.2 Å². The lowest BCUT2D eigenvalue weighted by molar-refractivity contribution is -0.274. The van der Waals surface area contributed by atoms with Gasteiger partial charge in [0.25, 0.3) is 5.91 Å². The molecule has 1 heterocycles. The van der Waals surface area contributed by atoms with Crippen molar-refractivity contribution in [2.75, 3.05) is 6.54 Å². The minimum Gasteiger partial charge on any atom is -0.406 e. The first-order chi connectivity index (χ1) is 17.8. The summed E-state index contributed by atoms with van der Waals surface area (Å²) in [4.78, 5) is 18.6. The molecule has 1 N–H and O–H groups in total. The minimum atomic E-state index is -4.79. The van der Waals surface area contributed by atoms with Crippen LogP contribution in [0.15, 0.2) is 66.9 Å². The van der Waals surface area contributed by atoms with Gasteiger partial charge in [-0.1, -0.05) is 68.2 Å². The lowest BCUT2D eigenvalue weighted by Crippen LogP contribution is -2.33. The number of benzene rings is 3. The fraction of sp³-hybridized carbons (Fsp3) is 0.276. The van der Waals surface area contributed by atoms with Crippen molar-refractivity contribution in [2.45, 2.75) is 45.5 Å². The zero-order chi connectivity index (χ0) is 27.7. The number of alkyl halides is 3.